The molecule has 1 nitrogen and oxygen atoms in total. The van der Waals surface area contributed by atoms with Gasteiger partial charge in [-0.05, 0) is 24.8 Å². The third kappa shape index (κ3) is 1.55. The van der Waals surface area contributed by atoms with Gasteiger partial charge in [0.25, 0.3) is 5.12 Å². The lowest BCUT2D eigenvalue weighted by molar-refractivity contribution is 0.109. The SMILES string of the molecule is O=C([S])c1ccccc1Br. The number of hydrogen-bond acceptors (Lipinski definition) is 1. The Labute approximate surface area is 73.0 Å². The first-order valence-corrected chi connectivity index (χ1v) is 3.88. The van der Waals surface area contributed by atoms with Crippen molar-refractivity contribution >= 4 is 33.7 Å². The summed E-state index contributed by atoms with van der Waals surface area (Å²) in [6.45, 7) is 0. The van der Waals surface area contributed by atoms with Crippen LogP contribution in [0.1, 0.15) is 10.4 Å². The van der Waals surface area contributed by atoms with E-state index in [0.717, 1.165) is 4.47 Å². The summed E-state index contributed by atoms with van der Waals surface area (Å²) in [4.78, 5) is 10.7. The topological polar surface area (TPSA) is 17.1 Å². The minimum absolute atomic E-state index is 0.326. The monoisotopic (exact) mass is 215 g/mol. The highest BCUT2D eigenvalue weighted by Crippen LogP contribution is 2.16. The summed E-state index contributed by atoms with van der Waals surface area (Å²) in [5, 5.41) is -0.326. The van der Waals surface area contributed by atoms with Crippen LogP contribution in [0.2, 0.25) is 0 Å². The molecule has 1 aromatic rings. The Kier molecular flexibility index (Phi) is 2.40. The van der Waals surface area contributed by atoms with Gasteiger partial charge in [0.2, 0.25) is 0 Å². The van der Waals surface area contributed by atoms with Gasteiger partial charge in [0.1, 0.15) is 0 Å². The molecule has 0 N–H and O–H groups in total. The van der Waals surface area contributed by atoms with E-state index < -0.39 is 0 Å². The molecule has 0 bridgehead atoms. The molecule has 1 rings (SSSR count). The smallest absolute Gasteiger partial charge is 0.250 e. The highest BCUT2D eigenvalue weighted by Gasteiger charge is 2.03. The molecule has 10 heavy (non-hydrogen) atoms. The van der Waals surface area contributed by atoms with Crippen molar-refractivity contribution in [1.29, 1.82) is 0 Å². The Bertz CT molecular complexity index is 260. The van der Waals surface area contributed by atoms with Gasteiger partial charge in [-0.3, -0.25) is 4.79 Å². The molecular weight excluding hydrogens is 212 g/mol. The van der Waals surface area contributed by atoms with Crippen LogP contribution in [-0.2, 0) is 0 Å². The molecule has 0 unspecified atom stereocenters. The second kappa shape index (κ2) is 3.12. The van der Waals surface area contributed by atoms with Gasteiger partial charge in [-0.1, -0.05) is 28.1 Å². The van der Waals surface area contributed by atoms with Crippen molar-refractivity contribution in [3.8, 4) is 0 Å². The fourth-order valence-electron chi connectivity index (χ4n) is 0.627. The Balaban J connectivity index is 3.15. The van der Waals surface area contributed by atoms with Crippen molar-refractivity contribution in [2.24, 2.45) is 0 Å². The molecule has 0 saturated heterocycles. The van der Waals surface area contributed by atoms with Crippen LogP contribution >= 0.6 is 28.6 Å². The van der Waals surface area contributed by atoms with Crippen molar-refractivity contribution in [3.63, 3.8) is 0 Å². The van der Waals surface area contributed by atoms with Crippen LogP contribution in [0.3, 0.4) is 0 Å². The Morgan fingerprint density at radius 1 is 1.40 bits per heavy atom. The molecule has 0 aliphatic rings. The summed E-state index contributed by atoms with van der Waals surface area (Å²) < 4.78 is 0.759. The molecule has 0 atom stereocenters. The van der Waals surface area contributed by atoms with E-state index in [2.05, 4.69) is 28.6 Å². The molecule has 0 amide bonds. The summed E-state index contributed by atoms with van der Waals surface area (Å²) in [7, 11) is 0. The van der Waals surface area contributed by atoms with Gasteiger partial charge in [0.05, 0.1) is 0 Å². The summed E-state index contributed by atoms with van der Waals surface area (Å²) in [6, 6.07) is 7.11. The second-order valence-corrected chi connectivity index (χ2v) is 2.99. The lowest BCUT2D eigenvalue weighted by Crippen LogP contribution is -1.88. The summed E-state index contributed by atoms with van der Waals surface area (Å²) in [5.41, 5.74) is 0.553. The van der Waals surface area contributed by atoms with Crippen LogP contribution in [-0.4, -0.2) is 5.12 Å². The van der Waals surface area contributed by atoms with Crippen LogP contribution < -0.4 is 0 Å². The molecule has 0 saturated carbocycles. The van der Waals surface area contributed by atoms with Crippen LogP contribution in [0.5, 0.6) is 0 Å². The Morgan fingerprint density at radius 3 is 2.40 bits per heavy atom. The predicted octanol–water partition coefficient (Wildman–Crippen LogP) is 2.79. The molecule has 0 spiro atoms. The number of carbonyl (C=O) groups excluding carboxylic acids is 1. The van der Waals surface area contributed by atoms with E-state index in [1.54, 1.807) is 18.2 Å². The standard InChI is InChI=1S/C7H4BrOS/c8-6-4-2-1-3-5(6)7(9)10/h1-4H. The number of hydrogen-bond donors (Lipinski definition) is 0. The van der Waals surface area contributed by atoms with Gasteiger partial charge >= 0.3 is 0 Å². The lowest BCUT2D eigenvalue weighted by Gasteiger charge is -1.94. The van der Waals surface area contributed by atoms with Gasteiger partial charge in [-0.15, -0.1) is 0 Å². The van der Waals surface area contributed by atoms with E-state index in [9.17, 15) is 4.79 Å². The van der Waals surface area contributed by atoms with E-state index >= 15 is 0 Å². The number of rotatable bonds is 1. The van der Waals surface area contributed by atoms with Crippen molar-refractivity contribution in [2.45, 2.75) is 0 Å². The fourth-order valence-corrected chi connectivity index (χ4v) is 1.40. The molecule has 0 fully saturated rings. The van der Waals surface area contributed by atoms with E-state index in [1.807, 2.05) is 6.07 Å². The first-order valence-electron chi connectivity index (χ1n) is 2.67. The number of carbonyl (C=O) groups is 1. The first-order chi connectivity index (χ1) is 4.72. The summed E-state index contributed by atoms with van der Waals surface area (Å²) >= 11 is 7.67. The molecule has 1 radical (unpaired) electrons. The molecule has 3 heteroatoms. The second-order valence-electron chi connectivity index (χ2n) is 1.77. The maximum absolute atomic E-state index is 10.7. The van der Waals surface area contributed by atoms with E-state index in [1.165, 1.54) is 0 Å². The molecule has 0 aromatic heterocycles. The van der Waals surface area contributed by atoms with Crippen molar-refractivity contribution in [1.82, 2.24) is 0 Å². The van der Waals surface area contributed by atoms with E-state index in [0.29, 0.717) is 5.56 Å². The minimum atomic E-state index is -0.326. The third-order valence-electron chi connectivity index (χ3n) is 1.09. The zero-order valence-electron chi connectivity index (χ0n) is 5.00. The van der Waals surface area contributed by atoms with E-state index in [4.69, 9.17) is 0 Å². The maximum atomic E-state index is 10.7. The number of halogens is 1. The number of benzene rings is 1. The van der Waals surface area contributed by atoms with Gasteiger partial charge in [-0.25, -0.2) is 0 Å². The summed E-state index contributed by atoms with van der Waals surface area (Å²) in [6.07, 6.45) is 0. The first kappa shape index (κ1) is 7.69. The molecule has 0 aliphatic heterocycles. The third-order valence-corrected chi connectivity index (χ3v) is 2.01. The van der Waals surface area contributed by atoms with Crippen LogP contribution in [0, 0.1) is 0 Å². The molecule has 1 aromatic carbocycles. The van der Waals surface area contributed by atoms with Gasteiger partial charge in [0.15, 0.2) is 0 Å². The van der Waals surface area contributed by atoms with Crippen LogP contribution in [0.25, 0.3) is 0 Å². The lowest BCUT2D eigenvalue weighted by atomic mass is 10.2. The van der Waals surface area contributed by atoms with Crippen molar-refractivity contribution in [3.05, 3.63) is 34.3 Å². The normalized spacial score (nSPS) is 9.30. The van der Waals surface area contributed by atoms with E-state index in [-0.39, 0.29) is 5.12 Å². The van der Waals surface area contributed by atoms with Crippen LogP contribution in [0.15, 0.2) is 28.7 Å². The molecule has 0 aliphatic carbocycles. The predicted molar refractivity (Wildman–Crippen MR) is 46.1 cm³/mol. The Hall–Kier alpha value is -0.410. The fraction of sp³-hybridized carbons (Fsp3) is 0. The van der Waals surface area contributed by atoms with Crippen LogP contribution in [0.4, 0.5) is 0 Å². The van der Waals surface area contributed by atoms with Crippen molar-refractivity contribution < 1.29 is 4.79 Å². The molecule has 0 heterocycles. The minimum Gasteiger partial charge on any atom is -0.276 e. The summed E-state index contributed by atoms with van der Waals surface area (Å²) in [5.74, 6) is 0. The maximum Gasteiger partial charge on any atom is 0.250 e. The molecular formula is C7H4BrOS. The van der Waals surface area contributed by atoms with Crippen molar-refractivity contribution in [2.75, 3.05) is 0 Å². The Morgan fingerprint density at radius 2 is 2.00 bits per heavy atom. The zero-order valence-corrected chi connectivity index (χ0v) is 7.41. The largest absolute Gasteiger partial charge is 0.276 e. The van der Waals surface area contributed by atoms with Gasteiger partial charge < -0.3 is 0 Å². The highest BCUT2D eigenvalue weighted by molar-refractivity contribution is 9.10. The zero-order chi connectivity index (χ0) is 7.56. The quantitative estimate of drug-likeness (QED) is 0.705. The average Bonchev–Trinajstić information content (AvgIpc) is 1.88. The van der Waals surface area contributed by atoms with Gasteiger partial charge in [0, 0.05) is 10.0 Å². The average molecular weight is 216 g/mol. The van der Waals surface area contributed by atoms with Gasteiger partial charge in [-0.2, -0.15) is 0 Å². The molecule has 51 valence electrons. The highest BCUT2D eigenvalue weighted by atomic mass is 79.9.